The maximum atomic E-state index is 5.08. The molecule has 18 heavy (non-hydrogen) atoms. The Kier molecular flexibility index (Phi) is 6.09. The highest BCUT2D eigenvalue weighted by Crippen LogP contribution is 2.21. The van der Waals surface area contributed by atoms with Crippen LogP contribution in [0.2, 0.25) is 0 Å². The molecular weight excluding hydrogens is 222 g/mol. The van der Waals surface area contributed by atoms with Crippen molar-refractivity contribution >= 4 is 0 Å². The minimum Gasteiger partial charge on any atom is -0.380 e. The van der Waals surface area contributed by atoms with Gasteiger partial charge in [-0.15, -0.1) is 0 Å². The Balaban J connectivity index is 0.000000771. The highest BCUT2D eigenvalue weighted by atomic mass is 16.5. The number of nitrogens with zero attached hydrogens (tertiary/aromatic N) is 1. The molecule has 1 aromatic heterocycles. The Morgan fingerprint density at radius 3 is 2.28 bits per heavy atom. The highest BCUT2D eigenvalue weighted by molar-refractivity contribution is 5.65. The SMILES string of the molecule is CC.COCc1ccc(-c2cccnc2C)cc1. The molecule has 2 aromatic rings. The fourth-order valence-corrected chi connectivity index (χ4v) is 1.74. The van der Waals surface area contributed by atoms with Crippen LogP contribution in [0.4, 0.5) is 0 Å². The molecular formula is C16H21NO. The number of methoxy groups -OCH3 is 1. The first-order valence-electron chi connectivity index (χ1n) is 6.31. The van der Waals surface area contributed by atoms with Gasteiger partial charge in [-0.25, -0.2) is 0 Å². The zero-order chi connectivity index (χ0) is 13.4. The molecule has 0 aliphatic carbocycles. The summed E-state index contributed by atoms with van der Waals surface area (Å²) in [5.74, 6) is 0. The second-order valence-electron chi connectivity index (χ2n) is 3.77. The third-order valence-corrected chi connectivity index (χ3v) is 2.58. The number of benzene rings is 1. The van der Waals surface area contributed by atoms with E-state index >= 15 is 0 Å². The van der Waals surface area contributed by atoms with Gasteiger partial charge in [0, 0.05) is 24.6 Å². The minimum absolute atomic E-state index is 0.659. The van der Waals surface area contributed by atoms with Gasteiger partial charge in [-0.05, 0) is 24.1 Å². The molecule has 2 heteroatoms. The molecule has 2 nitrogen and oxygen atoms in total. The van der Waals surface area contributed by atoms with Gasteiger partial charge in [0.05, 0.1) is 6.61 Å². The van der Waals surface area contributed by atoms with E-state index in [1.807, 2.05) is 33.0 Å². The maximum Gasteiger partial charge on any atom is 0.0713 e. The Labute approximate surface area is 110 Å². The smallest absolute Gasteiger partial charge is 0.0713 e. The van der Waals surface area contributed by atoms with Crippen LogP contribution in [-0.2, 0) is 11.3 Å². The van der Waals surface area contributed by atoms with Crippen LogP contribution in [-0.4, -0.2) is 12.1 Å². The Morgan fingerprint density at radius 2 is 1.72 bits per heavy atom. The molecule has 0 fully saturated rings. The number of aryl methyl sites for hydroxylation is 1. The minimum atomic E-state index is 0.659. The van der Waals surface area contributed by atoms with E-state index in [1.165, 1.54) is 16.7 Å². The molecule has 1 aromatic carbocycles. The first-order chi connectivity index (χ1) is 8.81. The van der Waals surface area contributed by atoms with Gasteiger partial charge in [0.2, 0.25) is 0 Å². The molecule has 0 radical (unpaired) electrons. The Hall–Kier alpha value is -1.67. The van der Waals surface area contributed by atoms with Crippen molar-refractivity contribution in [1.82, 2.24) is 4.98 Å². The lowest BCUT2D eigenvalue weighted by Gasteiger charge is -2.06. The van der Waals surface area contributed by atoms with Crippen molar-refractivity contribution in [2.24, 2.45) is 0 Å². The fourth-order valence-electron chi connectivity index (χ4n) is 1.74. The maximum absolute atomic E-state index is 5.08. The molecule has 96 valence electrons. The zero-order valence-electron chi connectivity index (χ0n) is 11.6. The highest BCUT2D eigenvalue weighted by Gasteiger charge is 2.01. The molecule has 0 saturated carbocycles. The van der Waals surface area contributed by atoms with E-state index in [9.17, 15) is 0 Å². The monoisotopic (exact) mass is 243 g/mol. The molecule has 1 heterocycles. The summed E-state index contributed by atoms with van der Waals surface area (Å²) in [4.78, 5) is 4.29. The van der Waals surface area contributed by atoms with Gasteiger partial charge < -0.3 is 4.74 Å². The summed E-state index contributed by atoms with van der Waals surface area (Å²) < 4.78 is 5.08. The fraction of sp³-hybridized carbons (Fsp3) is 0.312. The van der Waals surface area contributed by atoms with Crippen LogP contribution in [0.25, 0.3) is 11.1 Å². The lowest BCUT2D eigenvalue weighted by molar-refractivity contribution is 0.185. The normalized spacial score (nSPS) is 9.56. The van der Waals surface area contributed by atoms with Gasteiger partial charge in [-0.3, -0.25) is 4.98 Å². The predicted molar refractivity (Wildman–Crippen MR) is 76.5 cm³/mol. The third-order valence-electron chi connectivity index (χ3n) is 2.58. The molecule has 0 aliphatic heterocycles. The molecule has 0 saturated heterocycles. The van der Waals surface area contributed by atoms with Gasteiger partial charge in [0.1, 0.15) is 0 Å². The summed E-state index contributed by atoms with van der Waals surface area (Å²) >= 11 is 0. The molecule has 0 spiro atoms. The van der Waals surface area contributed by atoms with Crippen LogP contribution in [0, 0.1) is 6.92 Å². The van der Waals surface area contributed by atoms with Crippen molar-refractivity contribution in [1.29, 1.82) is 0 Å². The second kappa shape index (κ2) is 7.62. The summed E-state index contributed by atoms with van der Waals surface area (Å²) in [6.45, 7) is 6.69. The van der Waals surface area contributed by atoms with Gasteiger partial charge in [0.25, 0.3) is 0 Å². The molecule has 0 aliphatic rings. The molecule has 0 N–H and O–H groups in total. The summed E-state index contributed by atoms with van der Waals surface area (Å²) in [5, 5.41) is 0. The van der Waals surface area contributed by atoms with Crippen LogP contribution < -0.4 is 0 Å². The van der Waals surface area contributed by atoms with E-state index in [2.05, 4.69) is 35.3 Å². The average Bonchev–Trinajstić information content (AvgIpc) is 2.43. The standard InChI is InChI=1S/C14H15NO.C2H6/c1-11-14(4-3-9-15-11)13-7-5-12(6-8-13)10-16-2;1-2/h3-9H,10H2,1-2H3;1-2H3. The third kappa shape index (κ3) is 3.67. The summed E-state index contributed by atoms with van der Waals surface area (Å²) in [7, 11) is 1.71. The van der Waals surface area contributed by atoms with Gasteiger partial charge in [0.15, 0.2) is 0 Å². The number of pyridine rings is 1. The van der Waals surface area contributed by atoms with Crippen LogP contribution in [0.5, 0.6) is 0 Å². The summed E-state index contributed by atoms with van der Waals surface area (Å²) in [6.07, 6.45) is 1.82. The van der Waals surface area contributed by atoms with Crippen LogP contribution >= 0.6 is 0 Å². The molecule has 0 bridgehead atoms. The first-order valence-corrected chi connectivity index (χ1v) is 6.31. The summed E-state index contributed by atoms with van der Waals surface area (Å²) in [6, 6.07) is 12.5. The van der Waals surface area contributed by atoms with E-state index in [4.69, 9.17) is 4.74 Å². The van der Waals surface area contributed by atoms with E-state index in [0.29, 0.717) is 6.61 Å². The van der Waals surface area contributed by atoms with E-state index in [-0.39, 0.29) is 0 Å². The number of hydrogen-bond acceptors (Lipinski definition) is 2. The van der Waals surface area contributed by atoms with Crippen LogP contribution in [0.15, 0.2) is 42.6 Å². The number of rotatable bonds is 3. The van der Waals surface area contributed by atoms with Crippen molar-refractivity contribution < 1.29 is 4.74 Å². The number of ether oxygens (including phenoxy) is 1. The second-order valence-corrected chi connectivity index (χ2v) is 3.77. The predicted octanol–water partition coefficient (Wildman–Crippen LogP) is 4.23. The van der Waals surface area contributed by atoms with Crippen LogP contribution in [0.3, 0.4) is 0 Å². The lowest BCUT2D eigenvalue weighted by Crippen LogP contribution is -1.89. The lowest BCUT2D eigenvalue weighted by atomic mass is 10.0. The topological polar surface area (TPSA) is 22.1 Å². The van der Waals surface area contributed by atoms with Gasteiger partial charge >= 0.3 is 0 Å². The molecule has 0 atom stereocenters. The van der Waals surface area contributed by atoms with E-state index < -0.39 is 0 Å². The zero-order valence-corrected chi connectivity index (χ0v) is 11.6. The first kappa shape index (κ1) is 14.4. The Bertz CT molecular complexity index is 463. The average molecular weight is 243 g/mol. The van der Waals surface area contributed by atoms with Crippen molar-refractivity contribution in [2.45, 2.75) is 27.4 Å². The Morgan fingerprint density at radius 1 is 1.06 bits per heavy atom. The number of hydrogen-bond donors (Lipinski definition) is 0. The molecule has 0 amide bonds. The van der Waals surface area contributed by atoms with E-state index in [1.54, 1.807) is 7.11 Å². The van der Waals surface area contributed by atoms with E-state index in [0.717, 1.165) is 5.69 Å². The van der Waals surface area contributed by atoms with Crippen LogP contribution in [0.1, 0.15) is 25.1 Å². The van der Waals surface area contributed by atoms with Crippen molar-refractivity contribution in [3.05, 3.63) is 53.9 Å². The van der Waals surface area contributed by atoms with Crippen molar-refractivity contribution in [3.63, 3.8) is 0 Å². The van der Waals surface area contributed by atoms with Gasteiger partial charge in [-0.1, -0.05) is 44.2 Å². The molecule has 2 rings (SSSR count). The van der Waals surface area contributed by atoms with Crippen molar-refractivity contribution in [2.75, 3.05) is 7.11 Å². The largest absolute Gasteiger partial charge is 0.380 e. The quantitative estimate of drug-likeness (QED) is 0.804. The molecule has 0 unspecified atom stereocenters. The van der Waals surface area contributed by atoms with Gasteiger partial charge in [-0.2, -0.15) is 0 Å². The number of aromatic nitrogens is 1. The summed E-state index contributed by atoms with van der Waals surface area (Å²) in [5.41, 5.74) is 4.63. The van der Waals surface area contributed by atoms with Crippen molar-refractivity contribution in [3.8, 4) is 11.1 Å².